The van der Waals surface area contributed by atoms with Gasteiger partial charge in [0.15, 0.2) is 5.79 Å². The van der Waals surface area contributed by atoms with Crippen LogP contribution in [-0.2, 0) is 38.5 Å². The first kappa shape index (κ1) is 29.5. The lowest BCUT2D eigenvalue weighted by Gasteiger charge is -2.39. The van der Waals surface area contributed by atoms with Crippen LogP contribution in [0.2, 0.25) is 10.0 Å². The van der Waals surface area contributed by atoms with Crippen LogP contribution in [0.1, 0.15) is 48.9 Å². The summed E-state index contributed by atoms with van der Waals surface area (Å²) in [7, 11) is 0. The van der Waals surface area contributed by atoms with Gasteiger partial charge in [0.05, 0.1) is 38.2 Å². The van der Waals surface area contributed by atoms with Crippen LogP contribution in [0.4, 0.5) is 11.8 Å². The molecule has 0 bridgehead atoms. The number of likely N-dealkylation sites (tertiary alicyclic amines) is 1. The van der Waals surface area contributed by atoms with Gasteiger partial charge in [-0.25, -0.2) is 4.98 Å². The summed E-state index contributed by atoms with van der Waals surface area (Å²) in [6.45, 7) is 8.22. The van der Waals surface area contributed by atoms with Gasteiger partial charge in [0.25, 0.3) is 0 Å². The Kier molecular flexibility index (Phi) is 8.68. The molecule has 232 valence electrons. The van der Waals surface area contributed by atoms with E-state index in [9.17, 15) is 4.79 Å². The number of piperidine rings is 1. The van der Waals surface area contributed by atoms with Crippen molar-refractivity contribution in [1.82, 2.24) is 19.8 Å². The second-order valence-electron chi connectivity index (χ2n) is 12.3. The van der Waals surface area contributed by atoms with Crippen molar-refractivity contribution in [3.05, 3.63) is 45.1 Å². The highest BCUT2D eigenvalue weighted by atomic mass is 35.5. The monoisotopic (exact) mass is 630 g/mol. The van der Waals surface area contributed by atoms with Crippen molar-refractivity contribution in [3.63, 3.8) is 0 Å². The average molecular weight is 632 g/mol. The Morgan fingerprint density at radius 1 is 1.05 bits per heavy atom. The molecule has 1 N–H and O–H groups in total. The Morgan fingerprint density at radius 2 is 1.86 bits per heavy atom. The number of carbonyl (C=O) groups excluding carboxylic acids is 1. The van der Waals surface area contributed by atoms with Crippen LogP contribution in [0.5, 0.6) is 0 Å². The minimum absolute atomic E-state index is 0.110. The molecule has 0 radical (unpaired) electrons. The molecule has 5 aliphatic rings. The van der Waals surface area contributed by atoms with Crippen molar-refractivity contribution >= 4 is 40.9 Å². The molecule has 1 aliphatic carbocycles. The summed E-state index contributed by atoms with van der Waals surface area (Å²) in [6.07, 6.45) is 5.63. The van der Waals surface area contributed by atoms with Crippen LogP contribution in [0.25, 0.3) is 0 Å². The minimum Gasteiger partial charge on any atom is -0.374 e. The number of rotatable bonds is 8. The smallest absolute Gasteiger partial charge is 0.227 e. The molecule has 10 nitrogen and oxygen atoms in total. The summed E-state index contributed by atoms with van der Waals surface area (Å²) in [6, 6.07) is 5.52. The van der Waals surface area contributed by atoms with Crippen LogP contribution in [0.15, 0.2) is 18.2 Å². The number of carbonyl (C=O) groups is 1. The molecule has 3 saturated heterocycles. The van der Waals surface area contributed by atoms with Gasteiger partial charge in [-0.05, 0) is 37.0 Å². The number of anilines is 2. The average Bonchev–Trinajstić information content (AvgIpc) is 3.79. The highest BCUT2D eigenvalue weighted by molar-refractivity contribution is 6.35. The second kappa shape index (κ2) is 12.7. The van der Waals surface area contributed by atoms with Crippen LogP contribution < -0.4 is 10.2 Å². The van der Waals surface area contributed by atoms with Crippen molar-refractivity contribution in [2.24, 2.45) is 5.92 Å². The molecule has 4 fully saturated rings. The summed E-state index contributed by atoms with van der Waals surface area (Å²) in [5, 5.41) is 4.74. The maximum absolute atomic E-state index is 12.9. The molecular formula is C31H40Cl2N6O4. The summed E-state index contributed by atoms with van der Waals surface area (Å²) >= 11 is 12.6. The molecule has 43 heavy (non-hydrogen) atoms. The maximum atomic E-state index is 12.9. The van der Waals surface area contributed by atoms with Crippen molar-refractivity contribution < 1.29 is 19.0 Å². The van der Waals surface area contributed by atoms with Gasteiger partial charge in [0, 0.05) is 86.6 Å². The lowest BCUT2D eigenvalue weighted by molar-refractivity contribution is -0.185. The number of fused-ring (bicyclic) bond motifs is 1. The standard InChI is InChI=1S/C31H40Cl2N6O4/c32-23-4-3-22(26(33)17-23)18-34-28-25-20-38(29(40)21-1-2-21)10-6-27(25)35-30(36-28)39-13-14-41-24(19-39)5-9-37-11-7-31(8-12-37)42-15-16-43-31/h3-4,17,21,24H,1-2,5-16,18-20H2,(H,34,35,36). The first-order valence-corrected chi connectivity index (χ1v) is 16.4. The van der Waals surface area contributed by atoms with E-state index < -0.39 is 0 Å². The van der Waals surface area contributed by atoms with E-state index in [-0.39, 0.29) is 23.7 Å². The van der Waals surface area contributed by atoms with Crippen molar-refractivity contribution in [2.75, 3.05) is 69.3 Å². The van der Waals surface area contributed by atoms with Gasteiger partial charge in [0.1, 0.15) is 5.82 Å². The third kappa shape index (κ3) is 6.74. The molecule has 1 aromatic carbocycles. The minimum atomic E-state index is -0.342. The summed E-state index contributed by atoms with van der Waals surface area (Å²) in [5.41, 5.74) is 2.94. The van der Waals surface area contributed by atoms with Crippen LogP contribution in [-0.4, -0.2) is 96.7 Å². The first-order valence-electron chi connectivity index (χ1n) is 15.7. The fraction of sp³-hybridized carbons (Fsp3) is 0.645. The Bertz CT molecular complexity index is 1330. The molecule has 1 aromatic heterocycles. The van der Waals surface area contributed by atoms with Gasteiger partial charge in [-0.15, -0.1) is 0 Å². The van der Waals surface area contributed by atoms with E-state index in [2.05, 4.69) is 15.1 Å². The van der Waals surface area contributed by atoms with Gasteiger partial charge in [-0.3, -0.25) is 4.79 Å². The number of ether oxygens (including phenoxy) is 3. The molecule has 1 atom stereocenters. The zero-order chi connectivity index (χ0) is 29.4. The number of amides is 1. The summed E-state index contributed by atoms with van der Waals surface area (Å²) < 4.78 is 18.0. The van der Waals surface area contributed by atoms with Gasteiger partial charge < -0.3 is 34.2 Å². The fourth-order valence-corrected chi connectivity index (χ4v) is 7.09. The molecule has 1 spiro atoms. The maximum Gasteiger partial charge on any atom is 0.227 e. The highest BCUT2D eigenvalue weighted by Gasteiger charge is 2.40. The molecule has 5 heterocycles. The third-order valence-corrected chi connectivity index (χ3v) is 9.96. The number of halogens is 2. The van der Waals surface area contributed by atoms with E-state index in [0.29, 0.717) is 55.4 Å². The molecule has 2 aromatic rings. The molecule has 1 amide bonds. The van der Waals surface area contributed by atoms with Gasteiger partial charge in [-0.2, -0.15) is 4.98 Å². The van der Waals surface area contributed by atoms with E-state index in [1.54, 1.807) is 6.07 Å². The predicted octanol–water partition coefficient (Wildman–Crippen LogP) is 4.12. The van der Waals surface area contributed by atoms with Crippen LogP contribution in [0, 0.1) is 5.92 Å². The number of benzene rings is 1. The molecule has 12 heteroatoms. The zero-order valence-electron chi connectivity index (χ0n) is 24.5. The first-order chi connectivity index (χ1) is 20.9. The predicted molar refractivity (Wildman–Crippen MR) is 165 cm³/mol. The summed E-state index contributed by atoms with van der Waals surface area (Å²) in [5.74, 6) is 1.58. The summed E-state index contributed by atoms with van der Waals surface area (Å²) in [4.78, 5) is 29.8. The third-order valence-electron chi connectivity index (χ3n) is 9.37. The molecule has 1 unspecified atom stereocenters. The Morgan fingerprint density at radius 3 is 2.63 bits per heavy atom. The quantitative estimate of drug-likeness (QED) is 0.462. The zero-order valence-corrected chi connectivity index (χ0v) is 26.0. The largest absolute Gasteiger partial charge is 0.374 e. The van der Waals surface area contributed by atoms with Crippen molar-refractivity contribution in [3.8, 4) is 0 Å². The number of nitrogens with zero attached hydrogens (tertiary/aromatic N) is 5. The highest BCUT2D eigenvalue weighted by Crippen LogP contribution is 2.35. The lowest BCUT2D eigenvalue weighted by Crippen LogP contribution is -2.48. The number of hydrogen-bond acceptors (Lipinski definition) is 9. The van der Waals surface area contributed by atoms with E-state index in [4.69, 9.17) is 47.4 Å². The lowest BCUT2D eigenvalue weighted by atomic mass is 10.0. The van der Waals surface area contributed by atoms with E-state index >= 15 is 0 Å². The van der Waals surface area contributed by atoms with E-state index in [0.717, 1.165) is 93.9 Å². The topological polar surface area (TPSA) is 92.3 Å². The molecular weight excluding hydrogens is 591 g/mol. The number of nitrogens with one attached hydrogen (secondary N) is 1. The number of morpholine rings is 1. The SMILES string of the molecule is O=C(C1CC1)N1CCc2nc(N3CCOC(CCN4CCC5(CC4)OCCO5)C3)nc(NCc3ccc(Cl)cc3Cl)c2C1. The van der Waals surface area contributed by atoms with Gasteiger partial charge >= 0.3 is 0 Å². The molecule has 4 aliphatic heterocycles. The van der Waals surface area contributed by atoms with Gasteiger partial charge in [0.2, 0.25) is 11.9 Å². The number of aromatic nitrogens is 2. The van der Waals surface area contributed by atoms with E-state index in [1.807, 2.05) is 17.0 Å². The Labute approximate surface area is 263 Å². The fourth-order valence-electron chi connectivity index (χ4n) is 6.61. The second-order valence-corrected chi connectivity index (χ2v) is 13.2. The molecule has 7 rings (SSSR count). The van der Waals surface area contributed by atoms with Crippen molar-refractivity contribution in [1.29, 1.82) is 0 Å². The van der Waals surface area contributed by atoms with Crippen molar-refractivity contribution in [2.45, 2.75) is 63.5 Å². The normalized spacial score (nSPS) is 23.9. The molecule has 1 saturated carbocycles. The van der Waals surface area contributed by atoms with Crippen LogP contribution in [0.3, 0.4) is 0 Å². The Balaban J connectivity index is 1.04. The van der Waals surface area contributed by atoms with E-state index in [1.165, 1.54) is 0 Å². The number of hydrogen-bond donors (Lipinski definition) is 1. The Hall–Kier alpha value is -2.21. The van der Waals surface area contributed by atoms with Crippen LogP contribution >= 0.6 is 23.2 Å². The van der Waals surface area contributed by atoms with Gasteiger partial charge in [-0.1, -0.05) is 29.3 Å².